The highest BCUT2D eigenvalue weighted by molar-refractivity contribution is 7.91. The van der Waals surface area contributed by atoms with E-state index in [4.69, 9.17) is 10.5 Å². The molecule has 0 saturated heterocycles. The quantitative estimate of drug-likeness (QED) is 0.733. The molecule has 0 aromatic heterocycles. The van der Waals surface area contributed by atoms with Gasteiger partial charge in [0, 0.05) is 5.69 Å². The fourth-order valence-corrected chi connectivity index (χ4v) is 2.57. The van der Waals surface area contributed by atoms with Crippen molar-refractivity contribution < 1.29 is 17.9 Å². The number of aryl methyl sites for hydroxylation is 2. The fraction of sp³-hybridized carbons (Fsp3) is 0.417. The van der Waals surface area contributed by atoms with E-state index in [-0.39, 0.29) is 0 Å². The van der Waals surface area contributed by atoms with Gasteiger partial charge in [0.25, 0.3) is 0 Å². The highest BCUT2D eigenvalue weighted by atomic mass is 32.2. The number of hydrogen-bond acceptors (Lipinski definition) is 5. The Kier molecular flexibility index (Phi) is 4.83. The maximum atomic E-state index is 11.8. The number of rotatable bonds is 4. The van der Waals surface area contributed by atoms with Gasteiger partial charge in [0.2, 0.25) is 0 Å². The van der Waals surface area contributed by atoms with Crippen LogP contribution in [0.1, 0.15) is 25.0 Å². The summed E-state index contributed by atoms with van der Waals surface area (Å²) < 4.78 is 32.4. The largest absolute Gasteiger partial charge is 0.446 e. The average molecular weight is 301 g/mol. The summed E-state index contributed by atoms with van der Waals surface area (Å²) in [6.45, 7) is 6.67. The van der Waals surface area contributed by atoms with Crippen LogP contribution in [0.15, 0.2) is 12.1 Å². The van der Waals surface area contributed by atoms with E-state index >= 15 is 0 Å². The van der Waals surface area contributed by atoms with Gasteiger partial charge in [0.15, 0.2) is 0 Å². The Bertz CT molecular complexity index is 588. The lowest BCUT2D eigenvalue weighted by Crippen LogP contribution is -2.37. The van der Waals surface area contributed by atoms with Gasteiger partial charge in [-0.25, -0.2) is 9.52 Å². The third kappa shape index (κ3) is 4.61. The van der Waals surface area contributed by atoms with Crippen molar-refractivity contribution in [2.24, 2.45) is 0 Å². The van der Waals surface area contributed by atoms with Crippen LogP contribution in [-0.4, -0.2) is 20.6 Å². The molecular formula is C12H19N3O4S. The maximum Gasteiger partial charge on any atom is 0.422 e. The predicted molar refractivity (Wildman–Crippen MR) is 77.6 cm³/mol. The molecule has 0 aliphatic carbocycles. The molecule has 0 aliphatic rings. The zero-order valence-electron chi connectivity index (χ0n) is 11.9. The number of nitrogen functional groups attached to an aromatic ring is 1. The van der Waals surface area contributed by atoms with Crippen molar-refractivity contribution >= 4 is 27.7 Å². The molecule has 1 aromatic carbocycles. The zero-order valence-corrected chi connectivity index (χ0v) is 12.7. The third-order valence-corrected chi connectivity index (χ3v) is 3.26. The highest BCUT2D eigenvalue weighted by Crippen LogP contribution is 2.24. The Hall–Kier alpha value is -1.96. The molecule has 112 valence electrons. The Morgan fingerprint density at radius 2 is 1.75 bits per heavy atom. The van der Waals surface area contributed by atoms with Gasteiger partial charge in [-0.05, 0) is 51.0 Å². The van der Waals surface area contributed by atoms with Crippen molar-refractivity contribution in [3.63, 3.8) is 0 Å². The zero-order chi connectivity index (χ0) is 15.5. The third-order valence-electron chi connectivity index (χ3n) is 2.35. The molecule has 1 aromatic rings. The summed E-state index contributed by atoms with van der Waals surface area (Å²) in [6, 6.07) is 3.27. The van der Waals surface area contributed by atoms with Crippen LogP contribution < -0.4 is 15.2 Å². The highest BCUT2D eigenvalue weighted by Gasteiger charge is 2.18. The van der Waals surface area contributed by atoms with Crippen LogP contribution in [0.25, 0.3) is 0 Å². The van der Waals surface area contributed by atoms with E-state index in [1.165, 1.54) is 0 Å². The molecule has 1 rings (SSSR count). The molecule has 0 atom stereocenters. The number of ether oxygens (including phenoxy) is 1. The number of anilines is 2. The standard InChI is InChI=1S/C12H19N3O4S/c1-7(2)19-12(16)15-20(17,18)14-11-8(3)5-10(13)6-9(11)4/h5-7,14H,13H2,1-4H3,(H,15,16). The van der Waals surface area contributed by atoms with Crippen LogP contribution >= 0.6 is 0 Å². The molecule has 4 N–H and O–H groups in total. The first-order valence-corrected chi connectivity index (χ1v) is 7.47. The van der Waals surface area contributed by atoms with E-state index in [1.807, 2.05) is 0 Å². The van der Waals surface area contributed by atoms with Gasteiger partial charge in [-0.15, -0.1) is 0 Å². The van der Waals surface area contributed by atoms with Crippen molar-refractivity contribution in [3.8, 4) is 0 Å². The second-order valence-corrected chi connectivity index (χ2v) is 6.11. The van der Waals surface area contributed by atoms with Crippen LogP contribution in [0.2, 0.25) is 0 Å². The normalized spacial score (nSPS) is 11.2. The molecule has 0 bridgehead atoms. The molecule has 0 heterocycles. The van der Waals surface area contributed by atoms with Gasteiger partial charge in [-0.2, -0.15) is 8.42 Å². The summed E-state index contributed by atoms with van der Waals surface area (Å²) >= 11 is 0. The molecule has 0 unspecified atom stereocenters. The first-order chi connectivity index (χ1) is 9.10. The summed E-state index contributed by atoms with van der Waals surface area (Å²) in [7, 11) is -4.05. The summed E-state index contributed by atoms with van der Waals surface area (Å²) in [6.07, 6.45) is -1.44. The minimum absolute atomic E-state index is 0.379. The smallest absolute Gasteiger partial charge is 0.422 e. The van der Waals surface area contributed by atoms with Crippen LogP contribution in [-0.2, 0) is 14.9 Å². The van der Waals surface area contributed by atoms with Gasteiger partial charge in [0.1, 0.15) is 0 Å². The van der Waals surface area contributed by atoms with Crippen LogP contribution in [0, 0.1) is 13.8 Å². The monoisotopic (exact) mass is 301 g/mol. The van der Waals surface area contributed by atoms with Crippen molar-refractivity contribution in [1.82, 2.24) is 4.72 Å². The second-order valence-electron chi connectivity index (χ2n) is 4.69. The molecule has 1 amide bonds. The van der Waals surface area contributed by atoms with E-state index < -0.39 is 22.4 Å². The summed E-state index contributed by atoms with van der Waals surface area (Å²) in [4.78, 5) is 11.3. The molecule has 7 nitrogen and oxygen atoms in total. The fourth-order valence-electron chi connectivity index (χ4n) is 1.67. The Labute approximate surface area is 118 Å². The number of nitrogens with one attached hydrogen (secondary N) is 2. The number of carbonyl (C=O) groups is 1. The summed E-state index contributed by atoms with van der Waals surface area (Å²) in [5.74, 6) is 0. The number of nitrogens with two attached hydrogens (primary N) is 1. The SMILES string of the molecule is Cc1cc(N)cc(C)c1NS(=O)(=O)NC(=O)OC(C)C. The minimum Gasteiger partial charge on any atom is -0.446 e. The summed E-state index contributed by atoms with van der Waals surface area (Å²) in [5.41, 5.74) is 7.89. The van der Waals surface area contributed by atoms with Crippen LogP contribution in [0.4, 0.5) is 16.2 Å². The van der Waals surface area contributed by atoms with E-state index in [0.717, 1.165) is 0 Å². The van der Waals surface area contributed by atoms with Gasteiger partial charge >= 0.3 is 16.3 Å². The van der Waals surface area contributed by atoms with E-state index in [1.54, 1.807) is 44.5 Å². The van der Waals surface area contributed by atoms with Crippen molar-refractivity contribution in [3.05, 3.63) is 23.3 Å². The number of amides is 1. The molecule has 8 heteroatoms. The first-order valence-electron chi connectivity index (χ1n) is 5.98. The molecule has 0 saturated carbocycles. The lowest BCUT2D eigenvalue weighted by molar-refractivity contribution is 0.121. The maximum absolute atomic E-state index is 11.8. The first kappa shape index (κ1) is 16.1. The van der Waals surface area contributed by atoms with Gasteiger partial charge in [-0.1, -0.05) is 0 Å². The van der Waals surface area contributed by atoms with Crippen LogP contribution in [0.3, 0.4) is 0 Å². The summed E-state index contributed by atoms with van der Waals surface area (Å²) in [5, 5.41) is 0. The number of hydrogen-bond donors (Lipinski definition) is 3. The molecule has 20 heavy (non-hydrogen) atoms. The molecule has 0 spiro atoms. The lowest BCUT2D eigenvalue weighted by atomic mass is 10.1. The van der Waals surface area contributed by atoms with Crippen LogP contribution in [0.5, 0.6) is 0 Å². The molecule has 0 radical (unpaired) electrons. The number of carbonyl (C=O) groups excluding carboxylic acids is 1. The Morgan fingerprint density at radius 1 is 1.25 bits per heavy atom. The van der Waals surface area contributed by atoms with E-state index in [9.17, 15) is 13.2 Å². The second kappa shape index (κ2) is 6.00. The van der Waals surface area contributed by atoms with Gasteiger partial charge in [-0.3, -0.25) is 4.72 Å². The number of benzene rings is 1. The van der Waals surface area contributed by atoms with Crippen molar-refractivity contribution in [2.75, 3.05) is 10.5 Å². The Morgan fingerprint density at radius 3 is 2.20 bits per heavy atom. The van der Waals surface area contributed by atoms with Gasteiger partial charge in [0.05, 0.1) is 11.8 Å². The Balaban J connectivity index is 2.90. The molecular weight excluding hydrogens is 282 g/mol. The van der Waals surface area contributed by atoms with Crippen molar-refractivity contribution in [1.29, 1.82) is 0 Å². The minimum atomic E-state index is -4.05. The van der Waals surface area contributed by atoms with Gasteiger partial charge < -0.3 is 10.5 Å². The van der Waals surface area contributed by atoms with E-state index in [2.05, 4.69) is 4.72 Å². The molecule has 0 aliphatic heterocycles. The topological polar surface area (TPSA) is 111 Å². The average Bonchev–Trinajstić information content (AvgIpc) is 2.21. The lowest BCUT2D eigenvalue weighted by Gasteiger charge is -2.15. The van der Waals surface area contributed by atoms with Crippen molar-refractivity contribution in [2.45, 2.75) is 33.8 Å². The van der Waals surface area contributed by atoms with E-state index in [0.29, 0.717) is 22.5 Å². The predicted octanol–water partition coefficient (Wildman–Crippen LogP) is 1.68. The molecule has 0 fully saturated rings.